The number of carbonyl (C=O) groups is 1. The van der Waals surface area contributed by atoms with Crippen LogP contribution in [0.2, 0.25) is 0 Å². The van der Waals surface area contributed by atoms with Gasteiger partial charge in [-0.1, -0.05) is 53.8 Å². The number of benzene rings is 3. The topological polar surface area (TPSA) is 97.6 Å². The number of nitrogens with zero attached hydrogens (tertiary/aromatic N) is 2. The number of hydrogen-bond donors (Lipinski definition) is 0. The first kappa shape index (κ1) is 28.3. The zero-order valence-electron chi connectivity index (χ0n) is 24.0. The van der Waals surface area contributed by atoms with E-state index in [2.05, 4.69) is 4.99 Å². The van der Waals surface area contributed by atoms with Gasteiger partial charge in [-0.25, -0.2) is 9.79 Å². The van der Waals surface area contributed by atoms with Crippen molar-refractivity contribution in [3.8, 4) is 23.0 Å². The summed E-state index contributed by atoms with van der Waals surface area (Å²) in [5.41, 5.74) is 3.02. The number of allylic oxidation sites excluding steroid dienone is 1. The first-order chi connectivity index (χ1) is 21.0. The van der Waals surface area contributed by atoms with Crippen molar-refractivity contribution in [2.24, 2.45) is 4.99 Å². The van der Waals surface area contributed by atoms with Gasteiger partial charge in [0.15, 0.2) is 27.8 Å². The number of hydrogen-bond acceptors (Lipinski definition) is 9. The summed E-state index contributed by atoms with van der Waals surface area (Å²) in [6, 6.07) is 20.1. The van der Waals surface area contributed by atoms with E-state index in [1.807, 2.05) is 61.5 Å². The lowest BCUT2D eigenvalue weighted by atomic mass is 9.95. The highest BCUT2D eigenvalue weighted by molar-refractivity contribution is 7.07. The Balaban J connectivity index is 1.41. The number of carbonyl (C=O) groups excluding carboxylic acids is 1. The Morgan fingerprint density at radius 1 is 1.00 bits per heavy atom. The molecule has 0 fully saturated rings. The van der Waals surface area contributed by atoms with E-state index in [0.29, 0.717) is 62.4 Å². The molecule has 2 aliphatic heterocycles. The average molecular weight is 599 g/mol. The molecule has 0 radical (unpaired) electrons. The van der Waals surface area contributed by atoms with Gasteiger partial charge in [-0.3, -0.25) is 9.36 Å². The standard InChI is InChI=1S/C33H30N2O7S/c1-4-38-26-15-22(11-13-24(26)40-18-21-9-7-6-8-10-21)16-28-31(36)35-30(23-12-14-25-27(17-23)42-19-41-25)29(32(37)39-5-2)20(3)34-33(35)43-28/h6-17,30H,4-5,18-19H2,1-3H3/b28-16-/t30-/m1/s1. The molecule has 0 spiro atoms. The second-order valence-corrected chi connectivity index (χ2v) is 10.8. The minimum atomic E-state index is -0.750. The Morgan fingerprint density at radius 2 is 1.81 bits per heavy atom. The molecular weight excluding hydrogens is 568 g/mol. The molecule has 6 rings (SSSR count). The zero-order valence-corrected chi connectivity index (χ0v) is 24.8. The Morgan fingerprint density at radius 3 is 2.60 bits per heavy atom. The summed E-state index contributed by atoms with van der Waals surface area (Å²) in [5, 5.41) is 0. The maximum absolute atomic E-state index is 14.0. The van der Waals surface area contributed by atoms with Gasteiger partial charge >= 0.3 is 5.97 Å². The maximum atomic E-state index is 14.0. The van der Waals surface area contributed by atoms with E-state index in [1.54, 1.807) is 36.6 Å². The molecular formula is C33H30N2O7S. The first-order valence-electron chi connectivity index (χ1n) is 14.0. The minimum Gasteiger partial charge on any atom is -0.490 e. The van der Waals surface area contributed by atoms with Crippen molar-refractivity contribution in [2.75, 3.05) is 20.0 Å². The minimum absolute atomic E-state index is 0.112. The highest BCUT2D eigenvalue weighted by Gasteiger charge is 2.34. The van der Waals surface area contributed by atoms with Crippen LogP contribution in [-0.4, -0.2) is 30.5 Å². The predicted molar refractivity (Wildman–Crippen MR) is 161 cm³/mol. The van der Waals surface area contributed by atoms with E-state index in [4.69, 9.17) is 23.7 Å². The molecule has 0 bridgehead atoms. The smallest absolute Gasteiger partial charge is 0.338 e. The number of fused-ring (bicyclic) bond motifs is 2. The molecule has 0 saturated carbocycles. The van der Waals surface area contributed by atoms with E-state index in [0.717, 1.165) is 11.1 Å². The number of ether oxygens (including phenoxy) is 5. The molecule has 10 heteroatoms. The quantitative estimate of drug-likeness (QED) is 0.262. The van der Waals surface area contributed by atoms with E-state index in [-0.39, 0.29) is 19.0 Å². The lowest BCUT2D eigenvalue weighted by Crippen LogP contribution is -2.39. The Labute approximate surface area is 251 Å². The molecule has 1 aromatic heterocycles. The summed E-state index contributed by atoms with van der Waals surface area (Å²) in [7, 11) is 0. The van der Waals surface area contributed by atoms with Crippen LogP contribution in [0, 0.1) is 0 Å². The second-order valence-electron chi connectivity index (χ2n) is 9.83. The number of thiazole rings is 1. The van der Waals surface area contributed by atoms with Gasteiger partial charge in [0, 0.05) is 0 Å². The number of rotatable bonds is 9. The van der Waals surface area contributed by atoms with Gasteiger partial charge < -0.3 is 23.7 Å². The zero-order chi connectivity index (χ0) is 29.9. The Kier molecular flexibility index (Phi) is 8.02. The maximum Gasteiger partial charge on any atom is 0.338 e. The fraction of sp³-hybridized carbons (Fsp3) is 0.242. The van der Waals surface area contributed by atoms with Crippen LogP contribution in [0.25, 0.3) is 6.08 Å². The fourth-order valence-corrected chi connectivity index (χ4v) is 6.13. The molecule has 0 unspecified atom stereocenters. The van der Waals surface area contributed by atoms with Crippen molar-refractivity contribution in [1.82, 2.24) is 4.57 Å². The van der Waals surface area contributed by atoms with Gasteiger partial charge in [0.05, 0.1) is 35.1 Å². The second kappa shape index (κ2) is 12.2. The molecule has 220 valence electrons. The molecule has 3 aromatic carbocycles. The summed E-state index contributed by atoms with van der Waals surface area (Å²) >= 11 is 1.26. The van der Waals surface area contributed by atoms with Crippen LogP contribution < -0.4 is 33.8 Å². The van der Waals surface area contributed by atoms with Crippen molar-refractivity contribution in [1.29, 1.82) is 0 Å². The highest BCUT2D eigenvalue weighted by Crippen LogP contribution is 2.38. The van der Waals surface area contributed by atoms with Crippen molar-refractivity contribution in [3.63, 3.8) is 0 Å². The third-order valence-corrected chi connectivity index (χ3v) is 8.01. The van der Waals surface area contributed by atoms with E-state index in [9.17, 15) is 9.59 Å². The van der Waals surface area contributed by atoms with Gasteiger partial charge in [0.1, 0.15) is 6.61 Å². The predicted octanol–water partition coefficient (Wildman–Crippen LogP) is 4.50. The Hall–Kier alpha value is -4.83. The molecule has 4 aromatic rings. The van der Waals surface area contributed by atoms with E-state index < -0.39 is 12.0 Å². The van der Waals surface area contributed by atoms with Crippen LogP contribution in [0.1, 0.15) is 43.5 Å². The van der Waals surface area contributed by atoms with Crippen molar-refractivity contribution < 1.29 is 28.5 Å². The van der Waals surface area contributed by atoms with Crippen LogP contribution in [0.3, 0.4) is 0 Å². The fourth-order valence-electron chi connectivity index (χ4n) is 5.08. The van der Waals surface area contributed by atoms with Gasteiger partial charge in [0.25, 0.3) is 5.56 Å². The summed E-state index contributed by atoms with van der Waals surface area (Å²) < 4.78 is 30.4. The van der Waals surface area contributed by atoms with Crippen LogP contribution >= 0.6 is 11.3 Å². The van der Waals surface area contributed by atoms with Crippen LogP contribution in [0.5, 0.6) is 23.0 Å². The summed E-state index contributed by atoms with van der Waals surface area (Å²) in [5.74, 6) is 1.83. The largest absolute Gasteiger partial charge is 0.490 e. The van der Waals surface area contributed by atoms with Gasteiger partial charge in [0.2, 0.25) is 6.79 Å². The number of aromatic nitrogens is 1. The van der Waals surface area contributed by atoms with Gasteiger partial charge in [-0.05, 0) is 67.8 Å². The first-order valence-corrected chi connectivity index (χ1v) is 14.8. The van der Waals surface area contributed by atoms with Gasteiger partial charge in [-0.15, -0.1) is 0 Å². The van der Waals surface area contributed by atoms with Crippen molar-refractivity contribution in [3.05, 3.63) is 114 Å². The van der Waals surface area contributed by atoms with Gasteiger partial charge in [-0.2, -0.15) is 0 Å². The van der Waals surface area contributed by atoms with E-state index in [1.165, 1.54) is 11.3 Å². The summed E-state index contributed by atoms with van der Waals surface area (Å²) in [6.45, 7) is 6.58. The molecule has 1 atom stereocenters. The molecule has 0 amide bonds. The third kappa shape index (κ3) is 5.65. The monoisotopic (exact) mass is 598 g/mol. The highest BCUT2D eigenvalue weighted by atomic mass is 32.1. The normalized spacial score (nSPS) is 15.6. The van der Waals surface area contributed by atoms with Crippen LogP contribution in [-0.2, 0) is 16.1 Å². The van der Waals surface area contributed by atoms with Crippen LogP contribution in [0.4, 0.5) is 0 Å². The molecule has 2 aliphatic rings. The molecule has 0 aliphatic carbocycles. The molecule has 9 nitrogen and oxygen atoms in total. The summed E-state index contributed by atoms with van der Waals surface area (Å²) in [4.78, 5) is 32.3. The third-order valence-electron chi connectivity index (χ3n) is 7.03. The van der Waals surface area contributed by atoms with Crippen LogP contribution in [0.15, 0.2) is 87.8 Å². The SMILES string of the molecule is CCOC(=O)C1=C(C)N=c2s/c(=C\c3ccc(OCc4ccccc4)c(OCC)c3)c(=O)n2[C@@H]1c1ccc2c(c1)OCO2. The average Bonchev–Trinajstić information content (AvgIpc) is 3.60. The molecule has 43 heavy (non-hydrogen) atoms. The van der Waals surface area contributed by atoms with E-state index >= 15 is 0 Å². The Bertz CT molecular complexity index is 1890. The van der Waals surface area contributed by atoms with Crippen molar-refractivity contribution in [2.45, 2.75) is 33.4 Å². The molecule has 0 saturated heterocycles. The lowest BCUT2D eigenvalue weighted by Gasteiger charge is -2.24. The number of esters is 1. The van der Waals surface area contributed by atoms with Crippen molar-refractivity contribution >= 4 is 23.4 Å². The molecule has 3 heterocycles. The summed E-state index contributed by atoms with van der Waals surface area (Å²) in [6.07, 6.45) is 1.80. The molecule has 0 N–H and O–H groups in total. The lowest BCUT2D eigenvalue weighted by molar-refractivity contribution is -0.139.